The molecule has 1 unspecified atom stereocenters. The number of ether oxygens (including phenoxy) is 1. The molecule has 1 heterocycles. The van der Waals surface area contributed by atoms with Gasteiger partial charge in [0.15, 0.2) is 0 Å². The Balaban J connectivity index is 1.26. The minimum Gasteiger partial charge on any atom is -0.465 e. The van der Waals surface area contributed by atoms with Crippen LogP contribution in [0.5, 0.6) is 0 Å². The molecular formula is C27H30ClF3N2O4. The fourth-order valence-corrected chi connectivity index (χ4v) is 5.66. The van der Waals surface area contributed by atoms with Crippen molar-refractivity contribution in [1.82, 2.24) is 4.90 Å². The summed E-state index contributed by atoms with van der Waals surface area (Å²) in [7, 11) is 1.30. The average Bonchev–Trinajstić information content (AvgIpc) is 3.56. The molecule has 2 atom stereocenters. The molecule has 1 amide bonds. The van der Waals surface area contributed by atoms with E-state index in [2.05, 4.69) is 10.1 Å². The van der Waals surface area contributed by atoms with Gasteiger partial charge in [-0.15, -0.1) is 0 Å². The number of nitrogens with one attached hydrogen (secondary N) is 1. The third kappa shape index (κ3) is 5.43. The van der Waals surface area contributed by atoms with Crippen LogP contribution in [0.2, 0.25) is 5.02 Å². The van der Waals surface area contributed by atoms with E-state index in [1.54, 1.807) is 18.2 Å². The predicted molar refractivity (Wildman–Crippen MR) is 133 cm³/mol. The average molecular weight is 539 g/mol. The van der Waals surface area contributed by atoms with Crippen molar-refractivity contribution >= 4 is 29.2 Å². The number of piperidine rings is 1. The fraction of sp³-hybridized carbons (Fsp3) is 0.481. The summed E-state index contributed by atoms with van der Waals surface area (Å²) in [4.78, 5) is 25.7. The number of nitrogens with zero attached hydrogens (tertiary/aromatic N) is 1. The second-order valence-electron chi connectivity index (χ2n) is 9.89. The molecule has 2 fully saturated rings. The molecule has 2 aromatic rings. The zero-order valence-electron chi connectivity index (χ0n) is 20.5. The first-order valence-electron chi connectivity index (χ1n) is 12.3. The van der Waals surface area contributed by atoms with Crippen molar-refractivity contribution in [3.8, 4) is 0 Å². The normalized spacial score (nSPS) is 20.3. The van der Waals surface area contributed by atoms with Gasteiger partial charge in [-0.2, -0.15) is 13.2 Å². The molecule has 200 valence electrons. The van der Waals surface area contributed by atoms with Crippen LogP contribution >= 0.6 is 11.6 Å². The van der Waals surface area contributed by atoms with E-state index in [0.29, 0.717) is 35.9 Å². The topological polar surface area (TPSA) is 78.9 Å². The smallest absolute Gasteiger partial charge is 0.430 e. The SMILES string of the molecule is COC(=O)c1ccc(NCCC[C@@H]2CC23CCN(C(=O)C(O)(c2ccccc2)C(F)(F)F)CC3)cc1Cl. The van der Waals surface area contributed by atoms with Gasteiger partial charge in [0.1, 0.15) is 0 Å². The first-order chi connectivity index (χ1) is 17.5. The number of halogens is 4. The predicted octanol–water partition coefficient (Wildman–Crippen LogP) is 5.40. The highest BCUT2D eigenvalue weighted by molar-refractivity contribution is 6.33. The van der Waals surface area contributed by atoms with Gasteiger partial charge in [-0.25, -0.2) is 4.79 Å². The molecule has 0 aromatic heterocycles. The van der Waals surface area contributed by atoms with Crippen LogP contribution < -0.4 is 5.32 Å². The van der Waals surface area contributed by atoms with Crippen molar-refractivity contribution in [2.75, 3.05) is 32.1 Å². The van der Waals surface area contributed by atoms with Gasteiger partial charge in [-0.1, -0.05) is 41.9 Å². The zero-order chi connectivity index (χ0) is 26.8. The lowest BCUT2D eigenvalue weighted by atomic mass is 9.86. The Labute approximate surface area is 218 Å². The maximum Gasteiger partial charge on any atom is 0.430 e. The van der Waals surface area contributed by atoms with Gasteiger partial charge in [0.05, 0.1) is 17.7 Å². The van der Waals surface area contributed by atoms with E-state index in [9.17, 15) is 27.9 Å². The lowest BCUT2D eigenvalue weighted by Gasteiger charge is -2.39. The third-order valence-corrected chi connectivity index (χ3v) is 8.06. The maximum absolute atomic E-state index is 13.9. The Hall–Kier alpha value is -2.78. The minimum absolute atomic E-state index is 0.0609. The van der Waals surface area contributed by atoms with Crippen LogP contribution in [0.3, 0.4) is 0 Å². The van der Waals surface area contributed by atoms with Gasteiger partial charge < -0.3 is 20.1 Å². The van der Waals surface area contributed by atoms with Crippen molar-refractivity contribution < 1.29 is 32.6 Å². The van der Waals surface area contributed by atoms with E-state index in [1.165, 1.54) is 25.3 Å². The van der Waals surface area contributed by atoms with Crippen LogP contribution in [0.15, 0.2) is 48.5 Å². The van der Waals surface area contributed by atoms with Crippen molar-refractivity contribution in [3.63, 3.8) is 0 Å². The monoisotopic (exact) mass is 538 g/mol. The van der Waals surface area contributed by atoms with Crippen LogP contribution in [0.4, 0.5) is 18.9 Å². The van der Waals surface area contributed by atoms with Crippen LogP contribution in [-0.2, 0) is 15.1 Å². The number of carbonyl (C=O) groups excluding carboxylic acids is 2. The number of methoxy groups -OCH3 is 1. The standard InChI is InChI=1S/C27H30ClF3N2O4/c1-37-23(34)21-10-9-20(16-22(21)28)32-13-5-8-19-17-25(19)11-14-33(15-12-25)24(35)26(36,27(29,30)31)18-6-3-2-4-7-18/h2-4,6-7,9-10,16,19,32,36H,5,8,11-15,17H2,1H3/t19-,26?/m1/s1. The molecule has 2 N–H and O–H groups in total. The molecule has 0 radical (unpaired) electrons. The van der Waals surface area contributed by atoms with Crippen LogP contribution in [0.1, 0.15) is 48.0 Å². The molecule has 10 heteroatoms. The molecule has 37 heavy (non-hydrogen) atoms. The summed E-state index contributed by atoms with van der Waals surface area (Å²) in [5.74, 6) is -1.33. The minimum atomic E-state index is -5.13. The highest BCUT2D eigenvalue weighted by Gasteiger charge is 2.63. The number of hydrogen-bond acceptors (Lipinski definition) is 5. The number of benzene rings is 2. The largest absolute Gasteiger partial charge is 0.465 e. The van der Waals surface area contributed by atoms with Crippen molar-refractivity contribution in [1.29, 1.82) is 0 Å². The quantitative estimate of drug-likeness (QED) is 0.348. The zero-order valence-corrected chi connectivity index (χ0v) is 21.2. The number of anilines is 1. The number of hydrogen-bond donors (Lipinski definition) is 2. The summed E-state index contributed by atoms with van der Waals surface area (Å²) in [5.41, 5.74) is -2.86. The Morgan fingerprint density at radius 1 is 1.16 bits per heavy atom. The number of esters is 1. The second kappa shape index (κ2) is 10.5. The Morgan fingerprint density at radius 2 is 1.84 bits per heavy atom. The van der Waals surface area contributed by atoms with Crippen molar-refractivity contribution in [3.05, 3.63) is 64.7 Å². The van der Waals surface area contributed by atoms with E-state index in [-0.39, 0.29) is 18.5 Å². The van der Waals surface area contributed by atoms with E-state index >= 15 is 0 Å². The summed E-state index contributed by atoms with van der Waals surface area (Å²) in [6.07, 6.45) is -1.01. The fourth-order valence-electron chi connectivity index (χ4n) is 5.41. The number of likely N-dealkylation sites (tertiary alicyclic amines) is 1. The van der Waals surface area contributed by atoms with Crippen LogP contribution in [-0.4, -0.2) is 54.8 Å². The van der Waals surface area contributed by atoms with Gasteiger partial charge in [-0.3, -0.25) is 4.79 Å². The van der Waals surface area contributed by atoms with Gasteiger partial charge >= 0.3 is 12.1 Å². The molecule has 1 saturated carbocycles. The number of rotatable bonds is 8. The highest BCUT2D eigenvalue weighted by Crippen LogP contribution is 2.61. The van der Waals surface area contributed by atoms with Crippen LogP contribution in [0, 0.1) is 11.3 Å². The molecular weight excluding hydrogens is 509 g/mol. The Morgan fingerprint density at radius 3 is 2.43 bits per heavy atom. The molecule has 1 aliphatic carbocycles. The molecule has 2 aromatic carbocycles. The Bertz CT molecular complexity index is 1140. The molecule has 6 nitrogen and oxygen atoms in total. The molecule has 1 saturated heterocycles. The number of carbonyl (C=O) groups is 2. The van der Waals surface area contributed by atoms with Gasteiger partial charge in [0, 0.05) is 30.9 Å². The summed E-state index contributed by atoms with van der Waals surface area (Å²) in [6, 6.07) is 11.6. The van der Waals surface area contributed by atoms with E-state index in [1.807, 2.05) is 0 Å². The van der Waals surface area contributed by atoms with Crippen molar-refractivity contribution in [2.45, 2.75) is 43.9 Å². The summed E-state index contributed by atoms with van der Waals surface area (Å²) in [6.45, 7) is 1.11. The molecule has 1 spiro atoms. The number of alkyl halides is 3. The van der Waals surface area contributed by atoms with Gasteiger partial charge in [0.25, 0.3) is 11.5 Å². The lowest BCUT2D eigenvalue weighted by Crippen LogP contribution is -2.57. The maximum atomic E-state index is 13.9. The van der Waals surface area contributed by atoms with Crippen molar-refractivity contribution in [2.24, 2.45) is 11.3 Å². The third-order valence-electron chi connectivity index (χ3n) is 7.75. The molecule has 0 bridgehead atoms. The number of aliphatic hydroxyl groups is 1. The molecule has 4 rings (SSSR count). The number of amides is 1. The summed E-state index contributed by atoms with van der Waals surface area (Å²) in [5, 5.41) is 14.2. The Kier molecular flexibility index (Phi) is 7.76. The van der Waals surface area contributed by atoms with Crippen LogP contribution in [0.25, 0.3) is 0 Å². The molecule has 2 aliphatic rings. The van der Waals surface area contributed by atoms with Gasteiger partial charge in [0.2, 0.25) is 0 Å². The first kappa shape index (κ1) is 27.3. The first-order valence-corrected chi connectivity index (χ1v) is 12.7. The summed E-state index contributed by atoms with van der Waals surface area (Å²) >= 11 is 6.15. The second-order valence-corrected chi connectivity index (χ2v) is 10.3. The summed E-state index contributed by atoms with van der Waals surface area (Å²) < 4.78 is 46.3. The van der Waals surface area contributed by atoms with E-state index in [0.717, 1.165) is 42.0 Å². The lowest BCUT2D eigenvalue weighted by molar-refractivity contribution is -0.262. The van der Waals surface area contributed by atoms with Gasteiger partial charge in [-0.05, 0) is 61.6 Å². The van der Waals surface area contributed by atoms with E-state index < -0.39 is 29.2 Å². The highest BCUT2D eigenvalue weighted by atomic mass is 35.5. The van der Waals surface area contributed by atoms with E-state index in [4.69, 9.17) is 11.6 Å². The molecule has 1 aliphatic heterocycles.